The molecule has 0 saturated heterocycles. The number of pyridine rings is 1. The van der Waals surface area contributed by atoms with Crippen LogP contribution in [0.3, 0.4) is 0 Å². The van der Waals surface area contributed by atoms with Gasteiger partial charge in [0.1, 0.15) is 5.82 Å². The zero-order valence-corrected chi connectivity index (χ0v) is 9.77. The first-order valence-electron chi connectivity index (χ1n) is 4.78. The molecule has 18 heavy (non-hydrogen) atoms. The van der Waals surface area contributed by atoms with Gasteiger partial charge in [-0.1, -0.05) is 0 Å². The monoisotopic (exact) mass is 264 g/mol. The summed E-state index contributed by atoms with van der Waals surface area (Å²) in [6.07, 6.45) is 2.76. The van der Waals surface area contributed by atoms with Crippen LogP contribution in [0.25, 0.3) is 0 Å². The van der Waals surface area contributed by atoms with Gasteiger partial charge in [-0.25, -0.2) is 9.78 Å². The van der Waals surface area contributed by atoms with Crippen LogP contribution >= 0.6 is 11.8 Å². The number of aromatic amines is 1. The molecule has 0 atom stereocenters. The Morgan fingerprint density at radius 3 is 2.94 bits per heavy atom. The van der Waals surface area contributed by atoms with Crippen LogP contribution in [0.5, 0.6) is 0 Å². The molecule has 0 amide bonds. The summed E-state index contributed by atoms with van der Waals surface area (Å²) in [7, 11) is 0. The van der Waals surface area contributed by atoms with Crippen molar-refractivity contribution in [1.82, 2.24) is 15.0 Å². The predicted octanol–water partition coefficient (Wildman–Crippen LogP) is 0.596. The van der Waals surface area contributed by atoms with Crippen molar-refractivity contribution in [3.8, 4) is 0 Å². The van der Waals surface area contributed by atoms with E-state index < -0.39 is 11.5 Å². The summed E-state index contributed by atoms with van der Waals surface area (Å²) < 4.78 is 0. The molecule has 0 fully saturated rings. The summed E-state index contributed by atoms with van der Waals surface area (Å²) in [4.78, 5) is 32.7. The Balaban J connectivity index is 2.40. The minimum atomic E-state index is -1.08. The molecule has 8 heteroatoms. The van der Waals surface area contributed by atoms with Gasteiger partial charge in [-0.15, -0.1) is 0 Å². The summed E-state index contributed by atoms with van der Waals surface area (Å²) in [6.45, 7) is 0. The number of rotatable bonds is 3. The van der Waals surface area contributed by atoms with Gasteiger partial charge in [-0.05, 0) is 17.8 Å². The topological polar surface area (TPSA) is 122 Å². The van der Waals surface area contributed by atoms with E-state index in [9.17, 15) is 9.59 Å². The highest BCUT2D eigenvalue weighted by atomic mass is 32.2. The van der Waals surface area contributed by atoms with Crippen molar-refractivity contribution in [3.63, 3.8) is 0 Å². The lowest BCUT2D eigenvalue weighted by molar-refractivity contribution is 0.0693. The number of hydrogen-bond donors (Lipinski definition) is 3. The van der Waals surface area contributed by atoms with E-state index >= 15 is 0 Å². The Bertz CT molecular complexity index is 656. The van der Waals surface area contributed by atoms with Gasteiger partial charge in [0.2, 0.25) is 0 Å². The zero-order valence-electron chi connectivity index (χ0n) is 8.95. The number of carboxylic acids is 1. The molecule has 92 valence electrons. The maximum Gasteiger partial charge on any atom is 0.336 e. The van der Waals surface area contributed by atoms with Gasteiger partial charge in [-0.3, -0.25) is 9.78 Å². The second-order valence-corrected chi connectivity index (χ2v) is 4.29. The molecule has 0 spiro atoms. The molecule has 2 rings (SSSR count). The fraction of sp³-hybridized carbons (Fsp3) is 0. The quantitative estimate of drug-likeness (QED) is 0.693. The second kappa shape index (κ2) is 4.88. The smallest absolute Gasteiger partial charge is 0.336 e. The van der Waals surface area contributed by atoms with Gasteiger partial charge in [0.15, 0.2) is 5.16 Å². The Morgan fingerprint density at radius 2 is 2.28 bits per heavy atom. The number of nitrogen functional groups attached to an aromatic ring is 1. The summed E-state index contributed by atoms with van der Waals surface area (Å²) in [6, 6.07) is 2.51. The van der Waals surface area contributed by atoms with E-state index in [1.807, 2.05) is 0 Å². The summed E-state index contributed by atoms with van der Waals surface area (Å²) in [5.41, 5.74) is 5.12. The van der Waals surface area contributed by atoms with Crippen LogP contribution in [-0.4, -0.2) is 26.0 Å². The molecule has 4 N–H and O–H groups in total. The van der Waals surface area contributed by atoms with E-state index in [1.165, 1.54) is 18.5 Å². The van der Waals surface area contributed by atoms with Crippen molar-refractivity contribution in [1.29, 1.82) is 0 Å². The van der Waals surface area contributed by atoms with Gasteiger partial charge in [-0.2, -0.15) is 0 Å². The third kappa shape index (κ3) is 2.66. The van der Waals surface area contributed by atoms with Gasteiger partial charge in [0.25, 0.3) is 5.56 Å². The Hall–Kier alpha value is -2.35. The molecule has 2 heterocycles. The normalized spacial score (nSPS) is 10.2. The van der Waals surface area contributed by atoms with Crippen molar-refractivity contribution < 1.29 is 9.90 Å². The van der Waals surface area contributed by atoms with E-state index in [2.05, 4.69) is 15.0 Å². The highest BCUT2D eigenvalue weighted by Crippen LogP contribution is 2.26. The number of nitrogens with zero attached hydrogens (tertiary/aromatic N) is 2. The average molecular weight is 264 g/mol. The molecule has 0 aliphatic heterocycles. The van der Waals surface area contributed by atoms with E-state index in [0.717, 1.165) is 17.8 Å². The highest BCUT2D eigenvalue weighted by Gasteiger charge is 2.12. The number of nitrogens with two attached hydrogens (primary N) is 1. The van der Waals surface area contributed by atoms with Gasteiger partial charge in [0, 0.05) is 23.4 Å². The second-order valence-electron chi connectivity index (χ2n) is 3.25. The third-order valence-corrected chi connectivity index (χ3v) is 2.89. The van der Waals surface area contributed by atoms with Gasteiger partial charge in [0.05, 0.1) is 5.56 Å². The maximum atomic E-state index is 11.2. The molecule has 0 saturated carbocycles. The van der Waals surface area contributed by atoms with E-state index in [-0.39, 0.29) is 16.5 Å². The van der Waals surface area contributed by atoms with Crippen molar-refractivity contribution in [2.75, 3.05) is 5.73 Å². The molecule has 0 radical (unpaired) electrons. The first-order valence-corrected chi connectivity index (χ1v) is 5.60. The summed E-state index contributed by atoms with van der Waals surface area (Å²) in [5, 5.41) is 9.21. The number of carbonyl (C=O) groups is 1. The van der Waals surface area contributed by atoms with Crippen molar-refractivity contribution in [2.24, 2.45) is 0 Å². The molecular formula is C10H8N4O3S. The molecular weight excluding hydrogens is 256 g/mol. The van der Waals surface area contributed by atoms with Crippen LogP contribution in [0.2, 0.25) is 0 Å². The highest BCUT2D eigenvalue weighted by molar-refractivity contribution is 7.99. The molecule has 0 aliphatic rings. The molecule has 0 unspecified atom stereocenters. The van der Waals surface area contributed by atoms with E-state index in [1.54, 1.807) is 0 Å². The van der Waals surface area contributed by atoms with Crippen molar-refractivity contribution in [3.05, 3.63) is 40.4 Å². The summed E-state index contributed by atoms with van der Waals surface area (Å²) in [5.74, 6) is -1.01. The number of aromatic carboxylic acids is 1. The number of aromatic nitrogens is 3. The predicted molar refractivity (Wildman–Crippen MR) is 64.6 cm³/mol. The minimum Gasteiger partial charge on any atom is -0.478 e. The largest absolute Gasteiger partial charge is 0.478 e. The van der Waals surface area contributed by atoms with Crippen LogP contribution < -0.4 is 11.3 Å². The van der Waals surface area contributed by atoms with Crippen LogP contribution in [0.1, 0.15) is 10.4 Å². The number of carboxylic acid groups (broad SMARTS) is 1. The SMILES string of the molecule is Nc1cc(=O)[nH]c(Sc2cnccc2C(=O)O)n1. The number of nitrogens with one attached hydrogen (secondary N) is 1. The number of hydrogen-bond acceptors (Lipinski definition) is 6. The maximum absolute atomic E-state index is 11.2. The lowest BCUT2D eigenvalue weighted by atomic mass is 10.3. The molecule has 2 aromatic rings. The Labute approximate surface area is 105 Å². The molecule has 0 aromatic carbocycles. The third-order valence-electron chi connectivity index (χ3n) is 1.96. The van der Waals surface area contributed by atoms with Gasteiger partial charge < -0.3 is 15.8 Å². The lowest BCUT2D eigenvalue weighted by Gasteiger charge is -2.04. The first kappa shape index (κ1) is 12.1. The number of anilines is 1. The average Bonchev–Trinajstić information content (AvgIpc) is 2.27. The zero-order chi connectivity index (χ0) is 13.1. The summed E-state index contributed by atoms with van der Waals surface area (Å²) >= 11 is 0.981. The van der Waals surface area contributed by atoms with Crippen LogP contribution in [0.4, 0.5) is 5.82 Å². The fourth-order valence-corrected chi connectivity index (χ4v) is 2.13. The number of H-pyrrole nitrogens is 1. The van der Waals surface area contributed by atoms with E-state index in [0.29, 0.717) is 4.90 Å². The molecule has 7 nitrogen and oxygen atoms in total. The molecule has 2 aromatic heterocycles. The standard InChI is InChI=1S/C10H8N4O3S/c11-7-3-8(15)14-10(13-7)18-6-4-12-2-1-5(6)9(16)17/h1-4H,(H,16,17)(H3,11,13,14,15). The molecule has 0 aliphatic carbocycles. The van der Waals surface area contributed by atoms with E-state index in [4.69, 9.17) is 10.8 Å². The van der Waals surface area contributed by atoms with Crippen LogP contribution in [-0.2, 0) is 0 Å². The van der Waals surface area contributed by atoms with Crippen molar-refractivity contribution in [2.45, 2.75) is 10.1 Å². The minimum absolute atomic E-state index is 0.0713. The lowest BCUT2D eigenvalue weighted by Crippen LogP contribution is -2.09. The molecule has 0 bridgehead atoms. The Kier molecular flexibility index (Phi) is 3.28. The fourth-order valence-electron chi connectivity index (χ4n) is 1.24. The van der Waals surface area contributed by atoms with Crippen molar-refractivity contribution >= 4 is 23.5 Å². The first-order chi connectivity index (χ1) is 8.56. The van der Waals surface area contributed by atoms with Gasteiger partial charge >= 0.3 is 5.97 Å². The van der Waals surface area contributed by atoms with Crippen LogP contribution in [0, 0.1) is 0 Å². The Morgan fingerprint density at radius 1 is 1.50 bits per heavy atom. The van der Waals surface area contributed by atoms with Crippen LogP contribution in [0.15, 0.2) is 39.4 Å².